The second kappa shape index (κ2) is 4.98. The minimum Gasteiger partial charge on any atom is -0.378 e. The maximum Gasteiger partial charge on any atom is 0.391 e. The maximum atomic E-state index is 12.4. The number of alkyl halides is 3. The average molecular weight is 211 g/mol. The number of ether oxygens (including phenoxy) is 1. The molecular formula is C9H16F3NO. The van der Waals surface area contributed by atoms with Crippen molar-refractivity contribution in [3.8, 4) is 0 Å². The van der Waals surface area contributed by atoms with E-state index in [4.69, 9.17) is 10.5 Å². The summed E-state index contributed by atoms with van der Waals surface area (Å²) in [4.78, 5) is 0. The van der Waals surface area contributed by atoms with Gasteiger partial charge in [-0.05, 0) is 32.2 Å². The predicted octanol–water partition coefficient (Wildman–Crippen LogP) is 2.08. The zero-order chi connectivity index (χ0) is 10.6. The maximum absolute atomic E-state index is 12.4. The van der Waals surface area contributed by atoms with Crippen molar-refractivity contribution in [3.63, 3.8) is 0 Å². The van der Waals surface area contributed by atoms with Crippen molar-refractivity contribution in [1.29, 1.82) is 0 Å². The van der Waals surface area contributed by atoms with Gasteiger partial charge in [-0.15, -0.1) is 0 Å². The largest absolute Gasteiger partial charge is 0.391 e. The summed E-state index contributed by atoms with van der Waals surface area (Å²) in [5.41, 5.74) is 5.16. The Bertz CT molecular complexity index is 166. The smallest absolute Gasteiger partial charge is 0.378 e. The van der Waals surface area contributed by atoms with E-state index < -0.39 is 12.1 Å². The van der Waals surface area contributed by atoms with Crippen LogP contribution in [0.15, 0.2) is 0 Å². The molecule has 2 nitrogen and oxygen atoms in total. The molecule has 14 heavy (non-hydrogen) atoms. The predicted molar refractivity (Wildman–Crippen MR) is 46.8 cm³/mol. The van der Waals surface area contributed by atoms with Crippen LogP contribution in [0.2, 0.25) is 0 Å². The number of nitrogens with two attached hydrogens (primary N) is 1. The van der Waals surface area contributed by atoms with E-state index in [-0.39, 0.29) is 25.5 Å². The molecule has 0 bridgehead atoms. The summed E-state index contributed by atoms with van der Waals surface area (Å²) in [6, 6.07) is 0. The van der Waals surface area contributed by atoms with E-state index >= 15 is 0 Å². The molecule has 1 rings (SSSR count). The van der Waals surface area contributed by atoms with Crippen molar-refractivity contribution in [2.24, 2.45) is 11.7 Å². The molecule has 2 unspecified atom stereocenters. The lowest BCUT2D eigenvalue weighted by molar-refractivity contribution is -0.183. The first-order chi connectivity index (χ1) is 6.54. The Morgan fingerprint density at radius 3 is 2.57 bits per heavy atom. The van der Waals surface area contributed by atoms with Gasteiger partial charge in [0.15, 0.2) is 0 Å². The third-order valence-corrected chi connectivity index (χ3v) is 2.55. The fourth-order valence-corrected chi connectivity index (χ4v) is 1.76. The van der Waals surface area contributed by atoms with Gasteiger partial charge in [0.1, 0.15) is 0 Å². The summed E-state index contributed by atoms with van der Waals surface area (Å²) in [5, 5.41) is 0. The number of hydrogen-bond acceptors (Lipinski definition) is 2. The second-order valence-corrected chi connectivity index (χ2v) is 3.69. The van der Waals surface area contributed by atoms with Crippen LogP contribution in [0.3, 0.4) is 0 Å². The minimum absolute atomic E-state index is 0.00333. The summed E-state index contributed by atoms with van der Waals surface area (Å²) >= 11 is 0. The zero-order valence-corrected chi connectivity index (χ0v) is 8.02. The van der Waals surface area contributed by atoms with Crippen LogP contribution < -0.4 is 5.73 Å². The summed E-state index contributed by atoms with van der Waals surface area (Å²) in [7, 11) is 0. The first-order valence-electron chi connectivity index (χ1n) is 4.92. The highest BCUT2D eigenvalue weighted by Crippen LogP contribution is 2.34. The van der Waals surface area contributed by atoms with Crippen molar-refractivity contribution in [3.05, 3.63) is 0 Å². The van der Waals surface area contributed by atoms with Gasteiger partial charge in [0, 0.05) is 6.61 Å². The Kier molecular flexibility index (Phi) is 4.19. The van der Waals surface area contributed by atoms with Gasteiger partial charge >= 0.3 is 6.18 Å². The van der Waals surface area contributed by atoms with E-state index in [2.05, 4.69) is 0 Å². The van der Waals surface area contributed by atoms with Gasteiger partial charge in [-0.2, -0.15) is 13.2 Å². The SMILES string of the molecule is NCCC(CC1CCCO1)C(F)(F)F. The van der Waals surface area contributed by atoms with Gasteiger partial charge in [-0.25, -0.2) is 0 Å². The lowest BCUT2D eigenvalue weighted by atomic mass is 9.96. The molecule has 0 aromatic heterocycles. The molecule has 0 aromatic rings. The van der Waals surface area contributed by atoms with Crippen LogP contribution in [0.25, 0.3) is 0 Å². The Morgan fingerprint density at radius 2 is 2.14 bits per heavy atom. The number of halogens is 3. The summed E-state index contributed by atoms with van der Waals surface area (Å²) in [6.45, 7) is 0.675. The Labute approximate surface area is 81.6 Å². The highest BCUT2D eigenvalue weighted by atomic mass is 19.4. The van der Waals surface area contributed by atoms with E-state index in [1.165, 1.54) is 0 Å². The molecule has 1 aliphatic rings. The molecule has 0 aliphatic carbocycles. The standard InChI is InChI=1S/C9H16F3NO/c10-9(11,12)7(3-4-13)6-8-2-1-5-14-8/h7-8H,1-6,13H2. The molecule has 0 amide bonds. The van der Waals surface area contributed by atoms with Crippen molar-refractivity contribution in [1.82, 2.24) is 0 Å². The van der Waals surface area contributed by atoms with Gasteiger partial charge in [-0.3, -0.25) is 0 Å². The molecule has 0 saturated carbocycles. The molecule has 1 heterocycles. The second-order valence-electron chi connectivity index (χ2n) is 3.69. The van der Waals surface area contributed by atoms with Crippen molar-refractivity contribution < 1.29 is 17.9 Å². The van der Waals surface area contributed by atoms with Crippen LogP contribution in [-0.2, 0) is 4.74 Å². The first kappa shape index (κ1) is 11.8. The lowest BCUT2D eigenvalue weighted by Gasteiger charge is -2.22. The summed E-state index contributed by atoms with van der Waals surface area (Å²) in [5.74, 6) is -1.30. The molecule has 1 saturated heterocycles. The van der Waals surface area contributed by atoms with Gasteiger partial charge in [0.2, 0.25) is 0 Å². The van der Waals surface area contributed by atoms with Crippen molar-refractivity contribution in [2.75, 3.05) is 13.2 Å². The van der Waals surface area contributed by atoms with E-state index in [0.29, 0.717) is 6.61 Å². The van der Waals surface area contributed by atoms with E-state index in [9.17, 15) is 13.2 Å². The molecular weight excluding hydrogens is 195 g/mol. The molecule has 0 aromatic carbocycles. The quantitative estimate of drug-likeness (QED) is 0.772. The molecule has 2 N–H and O–H groups in total. The normalized spacial score (nSPS) is 25.3. The molecule has 0 spiro atoms. The van der Waals surface area contributed by atoms with Crippen LogP contribution in [-0.4, -0.2) is 25.4 Å². The summed E-state index contributed by atoms with van der Waals surface area (Å²) in [6.07, 6.45) is -2.65. The van der Waals surface area contributed by atoms with E-state index in [1.807, 2.05) is 0 Å². The monoisotopic (exact) mass is 211 g/mol. The van der Waals surface area contributed by atoms with E-state index in [0.717, 1.165) is 12.8 Å². The highest BCUT2D eigenvalue weighted by Gasteiger charge is 2.40. The van der Waals surface area contributed by atoms with Gasteiger partial charge < -0.3 is 10.5 Å². The molecule has 1 aliphatic heterocycles. The summed E-state index contributed by atoms with van der Waals surface area (Å²) < 4.78 is 42.5. The lowest BCUT2D eigenvalue weighted by Crippen LogP contribution is -2.29. The minimum atomic E-state index is -4.13. The number of rotatable bonds is 4. The van der Waals surface area contributed by atoms with Crippen molar-refractivity contribution >= 4 is 0 Å². The molecule has 84 valence electrons. The third-order valence-electron chi connectivity index (χ3n) is 2.55. The average Bonchev–Trinajstić information content (AvgIpc) is 2.54. The molecule has 0 radical (unpaired) electrons. The third kappa shape index (κ3) is 3.46. The highest BCUT2D eigenvalue weighted by molar-refractivity contribution is 4.75. The van der Waals surface area contributed by atoms with E-state index in [1.54, 1.807) is 0 Å². The van der Waals surface area contributed by atoms with Gasteiger partial charge in [0.05, 0.1) is 12.0 Å². The van der Waals surface area contributed by atoms with Gasteiger partial charge in [0.25, 0.3) is 0 Å². The van der Waals surface area contributed by atoms with Crippen LogP contribution in [0.1, 0.15) is 25.7 Å². The molecule has 1 fully saturated rings. The Balaban J connectivity index is 2.41. The number of hydrogen-bond donors (Lipinski definition) is 1. The fourth-order valence-electron chi connectivity index (χ4n) is 1.76. The molecule has 5 heteroatoms. The Hall–Kier alpha value is -0.290. The zero-order valence-electron chi connectivity index (χ0n) is 8.02. The fraction of sp³-hybridized carbons (Fsp3) is 1.00. The van der Waals surface area contributed by atoms with Crippen LogP contribution in [0.4, 0.5) is 13.2 Å². The van der Waals surface area contributed by atoms with Crippen molar-refractivity contribution in [2.45, 2.75) is 38.0 Å². The first-order valence-corrected chi connectivity index (χ1v) is 4.92. The van der Waals surface area contributed by atoms with Crippen LogP contribution in [0, 0.1) is 5.92 Å². The molecule has 2 atom stereocenters. The van der Waals surface area contributed by atoms with Crippen LogP contribution in [0.5, 0.6) is 0 Å². The van der Waals surface area contributed by atoms with Gasteiger partial charge in [-0.1, -0.05) is 0 Å². The topological polar surface area (TPSA) is 35.2 Å². The van der Waals surface area contributed by atoms with Crippen LogP contribution >= 0.6 is 0 Å². The Morgan fingerprint density at radius 1 is 1.43 bits per heavy atom.